The fraction of sp³-hybridized carbons (Fsp3) is 0.185. The Balaban J connectivity index is 1.18. The van der Waals surface area contributed by atoms with Gasteiger partial charge in [-0.15, -0.1) is 11.3 Å². The monoisotopic (exact) mass is 455 g/mol. The molecule has 5 rings (SSSR count). The lowest BCUT2D eigenvalue weighted by Crippen LogP contribution is -2.36. The van der Waals surface area contributed by atoms with E-state index in [0.717, 1.165) is 59.4 Å². The number of morpholine rings is 1. The standard InChI is InChI=1S/C27H25N3O2S/c31-26(22-10-12-24(13-11-22)30-14-16-32-17-15-30)28-18-20-6-8-21(9-7-20)25-19-33-27(29-25)23-4-2-1-3-5-23/h1-13,19H,14-18H2,(H,28,31). The SMILES string of the molecule is O=C(NCc1ccc(-c2csc(-c3ccccc3)n2)cc1)c1ccc(N2CCOCC2)cc1. The summed E-state index contributed by atoms with van der Waals surface area (Å²) in [5.41, 5.74) is 6.01. The van der Waals surface area contributed by atoms with Crippen LogP contribution in [0.25, 0.3) is 21.8 Å². The lowest BCUT2D eigenvalue weighted by Gasteiger charge is -2.28. The van der Waals surface area contributed by atoms with Crippen LogP contribution < -0.4 is 10.2 Å². The first-order chi connectivity index (χ1) is 16.3. The maximum atomic E-state index is 12.6. The molecule has 1 fully saturated rings. The van der Waals surface area contributed by atoms with Crippen LogP contribution in [0.4, 0.5) is 5.69 Å². The van der Waals surface area contributed by atoms with Crippen molar-refractivity contribution in [2.75, 3.05) is 31.2 Å². The minimum atomic E-state index is -0.0698. The van der Waals surface area contributed by atoms with Crippen LogP contribution in [-0.2, 0) is 11.3 Å². The maximum absolute atomic E-state index is 12.6. The van der Waals surface area contributed by atoms with Crippen molar-refractivity contribution in [1.29, 1.82) is 0 Å². The Hall–Kier alpha value is -3.48. The van der Waals surface area contributed by atoms with Crippen molar-refractivity contribution in [1.82, 2.24) is 10.3 Å². The zero-order valence-corrected chi connectivity index (χ0v) is 19.1. The third-order valence-corrected chi connectivity index (χ3v) is 6.62. The molecule has 5 nitrogen and oxygen atoms in total. The maximum Gasteiger partial charge on any atom is 0.251 e. The van der Waals surface area contributed by atoms with Crippen LogP contribution >= 0.6 is 11.3 Å². The molecule has 2 heterocycles. The number of nitrogens with one attached hydrogen (secondary N) is 1. The molecule has 0 spiro atoms. The molecule has 0 unspecified atom stereocenters. The fourth-order valence-corrected chi connectivity index (χ4v) is 4.68. The Morgan fingerprint density at radius 2 is 1.64 bits per heavy atom. The van der Waals surface area contributed by atoms with Gasteiger partial charge in [-0.3, -0.25) is 4.79 Å². The van der Waals surface area contributed by atoms with Gasteiger partial charge < -0.3 is 15.0 Å². The summed E-state index contributed by atoms with van der Waals surface area (Å²) < 4.78 is 5.40. The molecule has 1 amide bonds. The number of hydrogen-bond donors (Lipinski definition) is 1. The van der Waals surface area contributed by atoms with Crippen molar-refractivity contribution >= 4 is 22.9 Å². The van der Waals surface area contributed by atoms with Crippen molar-refractivity contribution in [3.05, 3.63) is 95.4 Å². The van der Waals surface area contributed by atoms with Crippen LogP contribution in [-0.4, -0.2) is 37.2 Å². The largest absolute Gasteiger partial charge is 0.378 e. The van der Waals surface area contributed by atoms with Crippen molar-refractivity contribution in [3.63, 3.8) is 0 Å². The number of rotatable bonds is 6. The second-order valence-corrected chi connectivity index (χ2v) is 8.79. The Bertz CT molecular complexity index is 1200. The molecular weight excluding hydrogens is 430 g/mol. The number of benzene rings is 3. The highest BCUT2D eigenvalue weighted by molar-refractivity contribution is 7.13. The summed E-state index contributed by atoms with van der Waals surface area (Å²) in [7, 11) is 0. The summed E-state index contributed by atoms with van der Waals surface area (Å²) in [6.07, 6.45) is 0. The van der Waals surface area contributed by atoms with Crippen LogP contribution in [0, 0.1) is 0 Å². The van der Waals surface area contributed by atoms with E-state index in [4.69, 9.17) is 9.72 Å². The number of carbonyl (C=O) groups is 1. The zero-order chi connectivity index (χ0) is 22.5. The first-order valence-corrected chi connectivity index (χ1v) is 12.0. The molecule has 1 N–H and O–H groups in total. The van der Waals surface area contributed by atoms with E-state index in [1.54, 1.807) is 11.3 Å². The Morgan fingerprint density at radius 3 is 2.36 bits per heavy atom. The van der Waals surface area contributed by atoms with Crippen molar-refractivity contribution in [2.45, 2.75) is 6.54 Å². The Kier molecular flexibility index (Phi) is 6.46. The molecule has 1 aliphatic heterocycles. The van der Waals surface area contributed by atoms with Gasteiger partial charge in [-0.1, -0.05) is 54.6 Å². The average molecular weight is 456 g/mol. The number of anilines is 1. The van der Waals surface area contributed by atoms with Crippen molar-refractivity contribution in [3.8, 4) is 21.8 Å². The molecule has 166 valence electrons. The predicted molar refractivity (Wildman–Crippen MR) is 134 cm³/mol. The summed E-state index contributed by atoms with van der Waals surface area (Å²) in [4.78, 5) is 19.6. The molecule has 4 aromatic rings. The molecule has 3 aromatic carbocycles. The van der Waals surface area contributed by atoms with Gasteiger partial charge in [0, 0.05) is 47.4 Å². The van der Waals surface area contributed by atoms with Crippen molar-refractivity contribution in [2.24, 2.45) is 0 Å². The zero-order valence-electron chi connectivity index (χ0n) is 18.2. The normalized spacial score (nSPS) is 13.6. The molecule has 0 bridgehead atoms. The van der Waals surface area contributed by atoms with Gasteiger partial charge in [-0.2, -0.15) is 0 Å². The smallest absolute Gasteiger partial charge is 0.251 e. The van der Waals surface area contributed by atoms with Gasteiger partial charge in [0.05, 0.1) is 18.9 Å². The third kappa shape index (κ3) is 5.13. The molecule has 1 aromatic heterocycles. The highest BCUT2D eigenvalue weighted by atomic mass is 32.1. The average Bonchev–Trinajstić information content (AvgIpc) is 3.39. The van der Waals surface area contributed by atoms with Gasteiger partial charge >= 0.3 is 0 Å². The Labute approximate surface area is 197 Å². The molecule has 6 heteroatoms. The number of amides is 1. The minimum absolute atomic E-state index is 0.0698. The fourth-order valence-electron chi connectivity index (χ4n) is 3.84. The van der Waals surface area contributed by atoms with E-state index in [-0.39, 0.29) is 5.91 Å². The molecule has 0 atom stereocenters. The summed E-state index contributed by atoms with van der Waals surface area (Å²) in [6, 6.07) is 26.2. The summed E-state index contributed by atoms with van der Waals surface area (Å²) >= 11 is 1.65. The van der Waals surface area contributed by atoms with Crippen LogP contribution in [0.15, 0.2) is 84.2 Å². The van der Waals surface area contributed by atoms with E-state index in [2.05, 4.69) is 39.9 Å². The molecule has 0 radical (unpaired) electrons. The highest BCUT2D eigenvalue weighted by Gasteiger charge is 2.12. The topological polar surface area (TPSA) is 54.5 Å². The van der Waals surface area contributed by atoms with E-state index in [9.17, 15) is 4.79 Å². The van der Waals surface area contributed by atoms with Crippen LogP contribution in [0.5, 0.6) is 0 Å². The number of hydrogen-bond acceptors (Lipinski definition) is 5. The molecule has 0 saturated carbocycles. The van der Waals surface area contributed by atoms with Gasteiger partial charge in [0.15, 0.2) is 0 Å². The number of carbonyl (C=O) groups excluding carboxylic acids is 1. The number of ether oxygens (including phenoxy) is 1. The molecule has 1 saturated heterocycles. The van der Waals surface area contributed by atoms with E-state index in [1.165, 1.54) is 0 Å². The van der Waals surface area contributed by atoms with E-state index >= 15 is 0 Å². The number of nitrogens with zero attached hydrogens (tertiary/aromatic N) is 2. The third-order valence-electron chi connectivity index (χ3n) is 5.73. The summed E-state index contributed by atoms with van der Waals surface area (Å²) in [5, 5.41) is 6.11. The van der Waals surface area contributed by atoms with E-state index < -0.39 is 0 Å². The van der Waals surface area contributed by atoms with Gasteiger partial charge in [0.1, 0.15) is 5.01 Å². The molecule has 33 heavy (non-hydrogen) atoms. The van der Waals surface area contributed by atoms with Gasteiger partial charge in [0.2, 0.25) is 0 Å². The van der Waals surface area contributed by atoms with Gasteiger partial charge in [-0.05, 0) is 29.8 Å². The van der Waals surface area contributed by atoms with Gasteiger partial charge in [0.25, 0.3) is 5.91 Å². The van der Waals surface area contributed by atoms with E-state index in [0.29, 0.717) is 12.1 Å². The minimum Gasteiger partial charge on any atom is -0.378 e. The lowest BCUT2D eigenvalue weighted by molar-refractivity contribution is 0.0951. The summed E-state index contributed by atoms with van der Waals surface area (Å²) in [6.45, 7) is 3.75. The number of thiazole rings is 1. The second kappa shape index (κ2) is 9.98. The number of aromatic nitrogens is 1. The summed E-state index contributed by atoms with van der Waals surface area (Å²) in [5.74, 6) is -0.0698. The van der Waals surface area contributed by atoms with Crippen LogP contribution in [0.3, 0.4) is 0 Å². The molecule has 1 aliphatic rings. The van der Waals surface area contributed by atoms with Crippen LogP contribution in [0.1, 0.15) is 15.9 Å². The van der Waals surface area contributed by atoms with E-state index in [1.807, 2.05) is 54.6 Å². The predicted octanol–water partition coefficient (Wildman–Crippen LogP) is 5.24. The quantitative estimate of drug-likeness (QED) is 0.432. The highest BCUT2D eigenvalue weighted by Crippen LogP contribution is 2.28. The lowest BCUT2D eigenvalue weighted by atomic mass is 10.1. The first-order valence-electron chi connectivity index (χ1n) is 11.1. The first kappa shape index (κ1) is 21.4. The Morgan fingerprint density at radius 1 is 0.909 bits per heavy atom. The van der Waals surface area contributed by atoms with Gasteiger partial charge in [-0.25, -0.2) is 4.98 Å². The molecular formula is C27H25N3O2S. The second-order valence-electron chi connectivity index (χ2n) is 7.93. The molecule has 0 aliphatic carbocycles. The van der Waals surface area contributed by atoms with Crippen molar-refractivity contribution < 1.29 is 9.53 Å². The van der Waals surface area contributed by atoms with Crippen LogP contribution in [0.2, 0.25) is 0 Å².